The lowest BCUT2D eigenvalue weighted by Gasteiger charge is -2.32. The van der Waals surface area contributed by atoms with Gasteiger partial charge in [-0.2, -0.15) is 0 Å². The fraction of sp³-hybridized carbons (Fsp3) is 0.276. The number of hydrogen-bond acceptors (Lipinski definition) is 6. The van der Waals surface area contributed by atoms with E-state index in [1.807, 2.05) is 37.3 Å². The number of ether oxygens (including phenoxy) is 1. The molecule has 2 atom stereocenters. The van der Waals surface area contributed by atoms with Gasteiger partial charge in [0.15, 0.2) is 5.44 Å². The Kier molecular flexibility index (Phi) is 6.01. The third-order valence-electron chi connectivity index (χ3n) is 7.37. The van der Waals surface area contributed by atoms with E-state index in [0.29, 0.717) is 11.3 Å². The first-order chi connectivity index (χ1) is 17.9. The van der Waals surface area contributed by atoms with Gasteiger partial charge in [0.05, 0.1) is 17.1 Å². The number of hydrogen-bond donors (Lipinski definition) is 4. The monoisotopic (exact) mass is 512 g/mol. The van der Waals surface area contributed by atoms with Crippen molar-refractivity contribution in [2.75, 3.05) is 6.54 Å². The highest BCUT2D eigenvalue weighted by Crippen LogP contribution is 2.49. The fourth-order valence-corrected chi connectivity index (χ4v) is 5.28. The molecule has 0 unspecified atom stereocenters. The maximum atomic E-state index is 13.6. The summed E-state index contributed by atoms with van der Waals surface area (Å²) < 4.78 is 6.01. The van der Waals surface area contributed by atoms with Crippen LogP contribution in [-0.4, -0.2) is 33.9 Å². The maximum Gasteiger partial charge on any atom is 0.252 e. The molecule has 7 nitrogen and oxygen atoms in total. The van der Waals surface area contributed by atoms with Gasteiger partial charge in [-0.25, -0.2) is 0 Å². The minimum absolute atomic E-state index is 0.135. The van der Waals surface area contributed by atoms with E-state index >= 15 is 0 Å². The summed E-state index contributed by atoms with van der Waals surface area (Å²) >= 11 is 4.57. The second-order valence-corrected chi connectivity index (χ2v) is 10.4. The van der Waals surface area contributed by atoms with E-state index < -0.39 is 5.54 Å². The topological polar surface area (TPSA) is 96.1 Å². The average molecular weight is 513 g/mol. The third-order valence-corrected chi connectivity index (χ3v) is 7.84. The van der Waals surface area contributed by atoms with Gasteiger partial charge in [0, 0.05) is 29.4 Å². The van der Waals surface area contributed by atoms with Gasteiger partial charge >= 0.3 is 0 Å². The number of benzene rings is 2. The quantitative estimate of drug-likeness (QED) is 0.219. The first kappa shape index (κ1) is 23.8. The van der Waals surface area contributed by atoms with Gasteiger partial charge in [-0.15, -0.1) is 12.6 Å². The molecule has 6 rings (SSSR count). The van der Waals surface area contributed by atoms with Crippen LogP contribution in [0.3, 0.4) is 0 Å². The van der Waals surface area contributed by atoms with Gasteiger partial charge in [0.1, 0.15) is 5.75 Å². The highest BCUT2D eigenvalue weighted by molar-refractivity contribution is 7.80. The van der Waals surface area contributed by atoms with Crippen LogP contribution in [0, 0.1) is 6.92 Å². The van der Waals surface area contributed by atoms with Crippen LogP contribution in [0.2, 0.25) is 0 Å². The van der Waals surface area contributed by atoms with Crippen LogP contribution in [0.1, 0.15) is 40.7 Å². The SMILES string of the molecule is Cc1ccc(O[C@@H](S)[C@@H]2CCN2)cc1C(=O)NC1(c2cc(-c3ccc(=O)[nH]c3)cc3ncccc23)CC1. The maximum absolute atomic E-state index is 13.6. The molecule has 3 N–H and O–H groups in total. The van der Waals surface area contributed by atoms with Crippen LogP contribution < -0.4 is 20.9 Å². The van der Waals surface area contributed by atoms with Crippen molar-refractivity contribution in [3.8, 4) is 16.9 Å². The summed E-state index contributed by atoms with van der Waals surface area (Å²) in [7, 11) is 0. The summed E-state index contributed by atoms with van der Waals surface area (Å²) in [6.45, 7) is 2.91. The number of nitrogens with zero attached hydrogens (tertiary/aromatic N) is 1. The number of H-pyrrole nitrogens is 1. The molecule has 3 heterocycles. The first-order valence-electron chi connectivity index (χ1n) is 12.5. The Balaban J connectivity index is 1.32. The number of thiol groups is 1. The minimum Gasteiger partial charge on any atom is -0.478 e. The molecule has 0 spiro atoms. The molecule has 4 aromatic rings. The largest absolute Gasteiger partial charge is 0.478 e. The summed E-state index contributed by atoms with van der Waals surface area (Å²) in [5, 5.41) is 7.64. The number of amides is 1. The number of carbonyl (C=O) groups is 1. The number of aromatic amines is 1. The summed E-state index contributed by atoms with van der Waals surface area (Å²) in [4.78, 5) is 32.5. The van der Waals surface area contributed by atoms with Gasteiger partial charge in [0.25, 0.3) is 5.91 Å². The molecule has 2 aromatic carbocycles. The molecule has 188 valence electrons. The zero-order chi connectivity index (χ0) is 25.6. The predicted octanol–water partition coefficient (Wildman–Crippen LogP) is 4.31. The smallest absolute Gasteiger partial charge is 0.252 e. The predicted molar refractivity (Wildman–Crippen MR) is 147 cm³/mol. The molecule has 1 saturated heterocycles. The van der Waals surface area contributed by atoms with Crippen molar-refractivity contribution in [1.82, 2.24) is 20.6 Å². The molecule has 1 aliphatic heterocycles. The second-order valence-electron chi connectivity index (χ2n) is 9.91. The van der Waals surface area contributed by atoms with Crippen molar-refractivity contribution >= 4 is 29.4 Å². The van der Waals surface area contributed by atoms with Gasteiger partial charge in [0.2, 0.25) is 5.56 Å². The lowest BCUT2D eigenvalue weighted by Crippen LogP contribution is -2.50. The van der Waals surface area contributed by atoms with Crippen LogP contribution >= 0.6 is 12.6 Å². The number of fused-ring (bicyclic) bond motifs is 1. The first-order valence-corrected chi connectivity index (χ1v) is 13.0. The highest BCUT2D eigenvalue weighted by Gasteiger charge is 2.47. The number of aromatic nitrogens is 2. The van der Waals surface area contributed by atoms with Crippen molar-refractivity contribution in [2.45, 2.75) is 43.2 Å². The zero-order valence-corrected chi connectivity index (χ0v) is 21.3. The van der Waals surface area contributed by atoms with Gasteiger partial charge in [-0.05, 0) is 91.4 Å². The number of rotatable bonds is 7. The Labute approximate surface area is 220 Å². The Morgan fingerprint density at radius 3 is 2.70 bits per heavy atom. The van der Waals surface area contributed by atoms with Gasteiger partial charge in [-0.3, -0.25) is 14.6 Å². The minimum atomic E-state index is -0.484. The van der Waals surface area contributed by atoms with Crippen LogP contribution in [0.15, 0.2) is 71.8 Å². The van der Waals surface area contributed by atoms with Crippen molar-refractivity contribution in [3.05, 3.63) is 94.0 Å². The second kappa shape index (κ2) is 9.36. The fourth-order valence-electron chi connectivity index (χ4n) is 4.90. The normalized spacial score (nSPS) is 18.6. The summed E-state index contributed by atoms with van der Waals surface area (Å²) in [5.74, 6) is 0.494. The van der Waals surface area contributed by atoms with Crippen molar-refractivity contribution in [3.63, 3.8) is 0 Å². The average Bonchev–Trinajstić information content (AvgIpc) is 3.64. The number of aryl methyl sites for hydroxylation is 1. The molecule has 0 radical (unpaired) electrons. The number of carbonyl (C=O) groups excluding carboxylic acids is 1. The summed E-state index contributed by atoms with van der Waals surface area (Å²) in [6.07, 6.45) is 6.16. The molecule has 2 aromatic heterocycles. The van der Waals surface area contributed by atoms with Crippen LogP contribution in [0.4, 0.5) is 0 Å². The Hall–Kier alpha value is -3.62. The van der Waals surface area contributed by atoms with E-state index in [2.05, 4.69) is 39.3 Å². The third kappa shape index (κ3) is 4.63. The molecule has 37 heavy (non-hydrogen) atoms. The molecule has 2 aliphatic rings. The van der Waals surface area contributed by atoms with E-state index in [0.717, 1.165) is 59.0 Å². The molecule has 1 aliphatic carbocycles. The molecule has 1 saturated carbocycles. The summed E-state index contributed by atoms with van der Waals surface area (Å²) in [6, 6.07) is 17.2. The van der Waals surface area contributed by atoms with Crippen LogP contribution in [0.5, 0.6) is 5.75 Å². The van der Waals surface area contributed by atoms with E-state index in [4.69, 9.17) is 4.74 Å². The Morgan fingerprint density at radius 2 is 2.00 bits per heavy atom. The Morgan fingerprint density at radius 1 is 1.16 bits per heavy atom. The lowest BCUT2D eigenvalue weighted by molar-refractivity contribution is 0.0929. The summed E-state index contributed by atoms with van der Waals surface area (Å²) in [5.41, 5.74) is 4.27. The molecule has 8 heteroatoms. The number of nitrogens with one attached hydrogen (secondary N) is 3. The van der Waals surface area contributed by atoms with Crippen LogP contribution in [-0.2, 0) is 5.54 Å². The number of pyridine rings is 2. The lowest BCUT2D eigenvalue weighted by atomic mass is 9.93. The molecule has 2 fully saturated rings. The Bertz CT molecular complexity index is 1540. The van der Waals surface area contributed by atoms with E-state index in [1.54, 1.807) is 24.5 Å². The van der Waals surface area contributed by atoms with Gasteiger partial charge in [-0.1, -0.05) is 12.1 Å². The van der Waals surface area contributed by atoms with Crippen LogP contribution in [0.25, 0.3) is 22.0 Å². The van der Waals surface area contributed by atoms with Gasteiger partial charge < -0.3 is 20.4 Å². The molecular formula is C29H28N4O3S. The molecule has 1 amide bonds. The van der Waals surface area contributed by atoms with Crippen molar-refractivity contribution < 1.29 is 9.53 Å². The van der Waals surface area contributed by atoms with Crippen molar-refractivity contribution in [1.29, 1.82) is 0 Å². The van der Waals surface area contributed by atoms with Crippen molar-refractivity contribution in [2.24, 2.45) is 0 Å². The standard InChI is InChI=1S/C29H28N4O3S/c1-17-4-6-20(36-28(37)24-8-12-31-24)15-22(17)27(35)33-29(9-10-29)23-13-19(18-5-7-26(34)32-16-18)14-25-21(23)3-2-11-30-25/h2-7,11,13-16,24,28,31,37H,8-10,12H2,1H3,(H,32,34)(H,33,35)/t24-,28-/m0/s1. The molecule has 0 bridgehead atoms. The van der Waals surface area contributed by atoms with E-state index in [1.165, 1.54) is 6.07 Å². The van der Waals surface area contributed by atoms with E-state index in [-0.39, 0.29) is 22.9 Å². The highest BCUT2D eigenvalue weighted by atomic mass is 32.1. The zero-order valence-electron chi connectivity index (χ0n) is 20.5. The molecular weight excluding hydrogens is 484 g/mol. The van der Waals surface area contributed by atoms with E-state index in [9.17, 15) is 9.59 Å².